The van der Waals surface area contributed by atoms with Gasteiger partial charge in [0.15, 0.2) is 0 Å². The summed E-state index contributed by atoms with van der Waals surface area (Å²) < 4.78 is 26.5. The molecule has 1 fully saturated rings. The number of halogens is 1. The summed E-state index contributed by atoms with van der Waals surface area (Å²) in [4.78, 5) is 0. The van der Waals surface area contributed by atoms with E-state index in [0.717, 1.165) is 31.9 Å². The first kappa shape index (κ1) is 10.3. The zero-order valence-electron chi connectivity index (χ0n) is 7.05. The molecule has 0 heterocycles. The lowest BCUT2D eigenvalue weighted by molar-refractivity contribution is 0.177. The van der Waals surface area contributed by atoms with Crippen LogP contribution in [0.3, 0.4) is 0 Å². The Morgan fingerprint density at radius 2 is 2.08 bits per heavy atom. The topological polar surface area (TPSA) is 43.4 Å². The van der Waals surface area contributed by atoms with Gasteiger partial charge in [0.25, 0.3) is 10.1 Å². The van der Waals surface area contributed by atoms with Crippen molar-refractivity contribution < 1.29 is 12.6 Å². The van der Waals surface area contributed by atoms with Crippen LogP contribution < -0.4 is 0 Å². The molecule has 0 aliphatic heterocycles. The summed E-state index contributed by atoms with van der Waals surface area (Å²) in [6.07, 6.45) is 4.35. The monoisotopic (exact) mass is 212 g/mol. The highest BCUT2D eigenvalue weighted by Gasteiger charge is 2.46. The maximum absolute atomic E-state index is 10.8. The van der Waals surface area contributed by atoms with Crippen LogP contribution in [0.4, 0.5) is 0 Å². The van der Waals surface area contributed by atoms with Crippen molar-refractivity contribution in [2.24, 2.45) is 0 Å². The van der Waals surface area contributed by atoms with Crippen LogP contribution >= 0.6 is 11.6 Å². The summed E-state index contributed by atoms with van der Waals surface area (Å²) in [5, 5.41) is 0. The van der Waals surface area contributed by atoms with E-state index in [9.17, 15) is 8.42 Å². The maximum atomic E-state index is 10.8. The van der Waals surface area contributed by atoms with Crippen LogP contribution in [-0.2, 0) is 14.3 Å². The number of rotatable bonds is 5. The van der Waals surface area contributed by atoms with Crippen LogP contribution in [0.5, 0.6) is 0 Å². The van der Waals surface area contributed by atoms with Gasteiger partial charge in [-0.05, 0) is 25.7 Å². The van der Waals surface area contributed by atoms with E-state index in [1.165, 1.54) is 0 Å². The predicted octanol–water partition coefficient (Wildman–Crippen LogP) is 1.51. The molecule has 5 heteroatoms. The van der Waals surface area contributed by atoms with Crippen LogP contribution in [0.1, 0.15) is 25.7 Å². The molecule has 0 N–H and O–H groups in total. The van der Waals surface area contributed by atoms with Gasteiger partial charge in [-0.3, -0.25) is 4.18 Å². The lowest BCUT2D eigenvalue weighted by atomic mass is 10.2. The second kappa shape index (κ2) is 3.52. The molecular weight excluding hydrogens is 200 g/mol. The maximum Gasteiger partial charge on any atom is 0.264 e. The van der Waals surface area contributed by atoms with Crippen molar-refractivity contribution in [3.63, 3.8) is 0 Å². The van der Waals surface area contributed by atoms with Gasteiger partial charge < -0.3 is 0 Å². The standard InChI is InChI=1S/C7H13ClO3S/c1-12(9,10)11-7(4-5-7)3-2-6-8/h2-6H2,1H3. The molecule has 3 nitrogen and oxygen atoms in total. The van der Waals surface area contributed by atoms with Crippen LogP contribution in [0, 0.1) is 0 Å². The molecule has 1 aliphatic rings. The first-order valence-electron chi connectivity index (χ1n) is 3.94. The second-order valence-electron chi connectivity index (χ2n) is 3.26. The Balaban J connectivity index is 2.40. The molecule has 0 bridgehead atoms. The summed E-state index contributed by atoms with van der Waals surface area (Å²) in [6.45, 7) is 0. The molecule has 0 amide bonds. The third-order valence-electron chi connectivity index (χ3n) is 1.90. The Morgan fingerprint density at radius 3 is 2.42 bits per heavy atom. The smallest absolute Gasteiger partial charge is 0.264 e. The molecule has 1 rings (SSSR count). The SMILES string of the molecule is CS(=O)(=O)OC1(CCCCl)CC1. The van der Waals surface area contributed by atoms with Gasteiger partial charge in [-0.15, -0.1) is 11.6 Å². The quantitative estimate of drug-likeness (QED) is 0.513. The Bertz CT molecular complexity index is 243. The first-order chi connectivity index (χ1) is 5.47. The molecule has 12 heavy (non-hydrogen) atoms. The van der Waals surface area contributed by atoms with Crippen molar-refractivity contribution in [1.29, 1.82) is 0 Å². The summed E-state index contributed by atoms with van der Waals surface area (Å²) in [7, 11) is -3.29. The summed E-state index contributed by atoms with van der Waals surface area (Å²) in [6, 6.07) is 0. The van der Waals surface area contributed by atoms with E-state index >= 15 is 0 Å². The molecule has 0 radical (unpaired) electrons. The zero-order valence-corrected chi connectivity index (χ0v) is 8.62. The Hall–Kier alpha value is 0.200. The van der Waals surface area contributed by atoms with E-state index in [1.54, 1.807) is 0 Å². The lowest BCUT2D eigenvalue weighted by Gasteiger charge is -2.12. The number of hydrogen-bond acceptors (Lipinski definition) is 3. The van der Waals surface area contributed by atoms with Crippen molar-refractivity contribution in [2.45, 2.75) is 31.3 Å². The van der Waals surface area contributed by atoms with E-state index in [0.29, 0.717) is 5.88 Å². The van der Waals surface area contributed by atoms with Crippen molar-refractivity contribution in [3.05, 3.63) is 0 Å². The Labute approximate surface area is 78.2 Å². The lowest BCUT2D eigenvalue weighted by Crippen LogP contribution is -2.18. The van der Waals surface area contributed by atoms with Crippen molar-refractivity contribution in [1.82, 2.24) is 0 Å². The average molecular weight is 213 g/mol. The van der Waals surface area contributed by atoms with Crippen LogP contribution in [0.15, 0.2) is 0 Å². The molecule has 0 saturated heterocycles. The highest BCUT2D eigenvalue weighted by molar-refractivity contribution is 7.86. The summed E-state index contributed by atoms with van der Waals surface area (Å²) >= 11 is 5.50. The van der Waals surface area contributed by atoms with Gasteiger partial charge in [0.05, 0.1) is 11.9 Å². The zero-order chi connectivity index (χ0) is 9.24. The van der Waals surface area contributed by atoms with Crippen LogP contribution in [0.25, 0.3) is 0 Å². The van der Waals surface area contributed by atoms with Crippen LogP contribution in [0.2, 0.25) is 0 Å². The molecule has 0 aromatic rings. The van der Waals surface area contributed by atoms with Gasteiger partial charge in [0.2, 0.25) is 0 Å². The summed E-state index contributed by atoms with van der Waals surface area (Å²) in [5.41, 5.74) is -0.386. The molecule has 0 unspecified atom stereocenters. The minimum atomic E-state index is -3.29. The van der Waals surface area contributed by atoms with Gasteiger partial charge in [-0.25, -0.2) is 0 Å². The Morgan fingerprint density at radius 1 is 1.50 bits per heavy atom. The van der Waals surface area contributed by atoms with E-state index in [-0.39, 0.29) is 5.60 Å². The van der Waals surface area contributed by atoms with E-state index < -0.39 is 10.1 Å². The van der Waals surface area contributed by atoms with Gasteiger partial charge >= 0.3 is 0 Å². The molecule has 0 aromatic carbocycles. The van der Waals surface area contributed by atoms with Gasteiger partial charge in [0.1, 0.15) is 0 Å². The molecule has 1 saturated carbocycles. The van der Waals surface area contributed by atoms with E-state index in [2.05, 4.69) is 0 Å². The molecular formula is C7H13ClO3S. The molecule has 0 spiro atoms. The van der Waals surface area contributed by atoms with Crippen molar-refractivity contribution >= 4 is 21.7 Å². The van der Waals surface area contributed by atoms with Crippen LogP contribution in [-0.4, -0.2) is 26.2 Å². The fourth-order valence-corrected chi connectivity index (χ4v) is 2.25. The third-order valence-corrected chi connectivity index (χ3v) is 2.83. The second-order valence-corrected chi connectivity index (χ2v) is 5.22. The fourth-order valence-electron chi connectivity index (χ4n) is 1.22. The average Bonchev–Trinajstić information content (AvgIpc) is 2.62. The number of alkyl halides is 1. The van der Waals surface area contributed by atoms with Crippen molar-refractivity contribution in [3.8, 4) is 0 Å². The van der Waals surface area contributed by atoms with E-state index in [1.807, 2.05) is 0 Å². The normalized spacial score (nSPS) is 20.8. The van der Waals surface area contributed by atoms with E-state index in [4.69, 9.17) is 15.8 Å². The Kier molecular flexibility index (Phi) is 3.01. The largest absolute Gasteiger partial charge is 0.264 e. The van der Waals surface area contributed by atoms with Gasteiger partial charge in [-0.1, -0.05) is 0 Å². The molecule has 1 aliphatic carbocycles. The third kappa shape index (κ3) is 3.29. The van der Waals surface area contributed by atoms with Crippen molar-refractivity contribution in [2.75, 3.05) is 12.1 Å². The fraction of sp³-hybridized carbons (Fsp3) is 1.00. The number of hydrogen-bond donors (Lipinski definition) is 0. The highest BCUT2D eigenvalue weighted by Crippen LogP contribution is 2.44. The first-order valence-corrected chi connectivity index (χ1v) is 6.29. The summed E-state index contributed by atoms with van der Waals surface area (Å²) in [5.74, 6) is 0.564. The molecule has 0 aromatic heterocycles. The minimum Gasteiger partial charge on any atom is -0.264 e. The predicted molar refractivity (Wildman–Crippen MR) is 47.8 cm³/mol. The molecule has 72 valence electrons. The highest BCUT2D eigenvalue weighted by atomic mass is 35.5. The molecule has 0 atom stereocenters. The van der Waals surface area contributed by atoms with Gasteiger partial charge in [0, 0.05) is 5.88 Å². The van der Waals surface area contributed by atoms with Gasteiger partial charge in [-0.2, -0.15) is 8.42 Å². The minimum absolute atomic E-state index is 0.386.